The number of Topliss-reactive ketones (excluding diaryl/α,β-unsaturated/α-hetero) is 2. The van der Waals surface area contributed by atoms with E-state index in [1.165, 1.54) is 28.4 Å². The highest BCUT2D eigenvalue weighted by molar-refractivity contribution is 7.89. The Morgan fingerprint density at radius 3 is 1.33 bits per heavy atom. The van der Waals surface area contributed by atoms with Gasteiger partial charge >= 0.3 is 6.09 Å². The van der Waals surface area contributed by atoms with Crippen molar-refractivity contribution >= 4 is 49.1 Å². The average molecular weight is 1050 g/mol. The molecule has 400 valence electrons. The zero-order valence-corrected chi connectivity index (χ0v) is 46.5. The molecule has 2 fully saturated rings. The van der Waals surface area contributed by atoms with E-state index < -0.39 is 25.6 Å². The fourth-order valence-corrected chi connectivity index (χ4v) is 12.2. The first-order valence-electron chi connectivity index (χ1n) is 25.1. The molecule has 1 amide bonds. The van der Waals surface area contributed by atoms with Gasteiger partial charge in [0.25, 0.3) is 0 Å². The van der Waals surface area contributed by atoms with Crippen LogP contribution in [-0.4, -0.2) is 147 Å². The Labute approximate surface area is 435 Å². The Bertz CT molecular complexity index is 2720. The number of hydrogen-bond acceptors (Lipinski definition) is 13. The van der Waals surface area contributed by atoms with Crippen LogP contribution in [0.5, 0.6) is 11.5 Å². The lowest BCUT2D eigenvalue weighted by molar-refractivity contribution is -0.119. The summed E-state index contributed by atoms with van der Waals surface area (Å²) in [5.74, 6) is 1.32. The summed E-state index contributed by atoms with van der Waals surface area (Å²) in [6, 6.07) is 23.3. The molecule has 6 rings (SSSR count). The summed E-state index contributed by atoms with van der Waals surface area (Å²) >= 11 is 0. The smallest absolute Gasteiger partial charge is 0.410 e. The third-order valence-corrected chi connectivity index (χ3v) is 17.4. The van der Waals surface area contributed by atoms with Crippen molar-refractivity contribution in [2.45, 2.75) is 102 Å². The topological polar surface area (TPSA) is 175 Å². The first-order valence-corrected chi connectivity index (χ1v) is 27.9. The Morgan fingerprint density at radius 1 is 0.575 bits per heavy atom. The number of carbonyl (C=O) groups excluding carboxylic acids is 3. The molecule has 18 heteroatoms. The van der Waals surface area contributed by atoms with Crippen LogP contribution in [0.3, 0.4) is 0 Å². The van der Waals surface area contributed by atoms with Gasteiger partial charge < -0.3 is 34.2 Å². The molecule has 0 spiro atoms. The molecule has 16 nitrogen and oxygen atoms in total. The molecular weight excluding hydrogens is 969 g/mol. The van der Waals surface area contributed by atoms with E-state index >= 15 is 0 Å². The number of nitrogens with zero attached hydrogens (tertiary/aromatic N) is 5. The Hall–Kier alpha value is -5.53. The van der Waals surface area contributed by atoms with Gasteiger partial charge in [-0.25, -0.2) is 30.2 Å². The van der Waals surface area contributed by atoms with Crippen LogP contribution in [0.2, 0.25) is 0 Å². The third kappa shape index (κ3) is 16.5. The van der Waals surface area contributed by atoms with Gasteiger partial charge in [-0.15, -0.1) is 0 Å². The maximum Gasteiger partial charge on any atom is 0.410 e. The summed E-state index contributed by atoms with van der Waals surface area (Å²) in [6.07, 6.45) is 2.04. The number of methoxy groups -OCH3 is 2. The number of carbonyl (C=O) groups is 3. The maximum atomic E-state index is 13.2. The molecule has 0 aromatic heterocycles. The van der Waals surface area contributed by atoms with Crippen molar-refractivity contribution in [1.82, 2.24) is 18.8 Å². The molecule has 0 radical (unpaired) electrons. The number of ketones is 2. The lowest BCUT2D eigenvalue weighted by Gasteiger charge is -2.36. The van der Waals surface area contributed by atoms with E-state index in [4.69, 9.17) is 14.2 Å². The number of amides is 1. The van der Waals surface area contributed by atoms with Crippen molar-refractivity contribution in [1.29, 1.82) is 0 Å². The molecule has 0 saturated carbocycles. The standard InChI is InChI=1S/C30H43N3O6S.C25H35N3O4S/c1-22-19-27(38-7)20-23(2)28(22)40(36,37)31(6)14-13-26(34)12-11-24-9-8-10-25(21-24)32-15-17-33(18-16-32)29(35)39-30(3,4)5;1-19-16-24(32-4)17-20(2)25(19)33(30,31)27(3)13-10-23(29)9-8-21-6-5-7-22(18-21)28-14-11-26-12-15-28/h8-10,19-21H,11-18H2,1-7H3;5-7,16-18,26H,8-15H2,1-4H3. The van der Waals surface area contributed by atoms with Crippen molar-refractivity contribution in [3.63, 3.8) is 0 Å². The predicted molar refractivity (Wildman–Crippen MR) is 288 cm³/mol. The number of ether oxygens (including phenoxy) is 3. The molecule has 1 N–H and O–H groups in total. The van der Waals surface area contributed by atoms with Crippen molar-refractivity contribution in [2.75, 3.05) is 104 Å². The number of nitrogens with one attached hydrogen (secondary N) is 1. The quantitative estimate of drug-likeness (QED) is 0.0922. The molecule has 0 aliphatic carbocycles. The second kappa shape index (κ2) is 26.1. The van der Waals surface area contributed by atoms with Crippen LogP contribution >= 0.6 is 0 Å². The summed E-state index contributed by atoms with van der Waals surface area (Å²) in [4.78, 5) is 44.4. The van der Waals surface area contributed by atoms with Crippen LogP contribution in [0.15, 0.2) is 82.6 Å². The van der Waals surface area contributed by atoms with Crippen LogP contribution in [0, 0.1) is 27.7 Å². The minimum absolute atomic E-state index is 0.0154. The highest BCUT2D eigenvalue weighted by Gasteiger charge is 2.29. The molecule has 4 aromatic rings. The number of benzene rings is 4. The van der Waals surface area contributed by atoms with Crippen LogP contribution in [0.25, 0.3) is 0 Å². The fraction of sp³-hybridized carbons (Fsp3) is 0.509. The number of sulfonamides is 2. The van der Waals surface area contributed by atoms with Gasteiger partial charge in [0, 0.05) is 117 Å². The van der Waals surface area contributed by atoms with Crippen LogP contribution in [-0.2, 0) is 47.2 Å². The minimum atomic E-state index is -3.74. The second-order valence-electron chi connectivity index (χ2n) is 19.9. The van der Waals surface area contributed by atoms with E-state index in [2.05, 4.69) is 33.3 Å². The van der Waals surface area contributed by atoms with Gasteiger partial charge in [0.1, 0.15) is 28.7 Å². The van der Waals surface area contributed by atoms with E-state index in [9.17, 15) is 31.2 Å². The molecule has 4 aromatic carbocycles. The lowest BCUT2D eigenvalue weighted by atomic mass is 10.0. The number of anilines is 2. The maximum absolute atomic E-state index is 13.2. The van der Waals surface area contributed by atoms with Gasteiger partial charge in [0.05, 0.1) is 24.0 Å². The second-order valence-corrected chi connectivity index (χ2v) is 23.9. The van der Waals surface area contributed by atoms with E-state index in [-0.39, 0.29) is 53.4 Å². The Kier molecular flexibility index (Phi) is 20.9. The SMILES string of the molecule is COc1cc(C)c(S(=O)(=O)N(C)CCC(=O)CCc2cccc(N3CCN(C(=O)OC(C)(C)C)CC3)c2)c(C)c1.COc1cc(C)c(S(=O)(=O)N(C)CCC(=O)CCc2cccc(N3CCNCC3)c2)c(C)c1. The van der Waals surface area contributed by atoms with Gasteiger partial charge in [0.15, 0.2) is 0 Å². The van der Waals surface area contributed by atoms with Gasteiger partial charge in [-0.1, -0.05) is 24.3 Å². The van der Waals surface area contributed by atoms with Gasteiger partial charge in [-0.2, -0.15) is 0 Å². The molecule has 0 bridgehead atoms. The number of hydrogen-bond donors (Lipinski definition) is 1. The molecule has 2 aliphatic rings. The molecule has 73 heavy (non-hydrogen) atoms. The molecule has 2 saturated heterocycles. The summed E-state index contributed by atoms with van der Waals surface area (Å²) in [6.45, 7) is 19.4. The zero-order valence-electron chi connectivity index (χ0n) is 44.9. The highest BCUT2D eigenvalue weighted by atomic mass is 32.2. The average Bonchev–Trinajstić information content (AvgIpc) is 3.35. The molecule has 2 heterocycles. The largest absolute Gasteiger partial charge is 0.497 e. The Balaban J connectivity index is 0.000000276. The predicted octanol–water partition coefficient (Wildman–Crippen LogP) is 7.52. The fourth-order valence-electron chi connectivity index (χ4n) is 9.02. The van der Waals surface area contributed by atoms with Crippen molar-refractivity contribution in [3.05, 3.63) is 106 Å². The lowest BCUT2D eigenvalue weighted by Crippen LogP contribution is -2.50. The van der Waals surface area contributed by atoms with Gasteiger partial charge in [-0.3, -0.25) is 9.59 Å². The monoisotopic (exact) mass is 1050 g/mol. The van der Waals surface area contributed by atoms with E-state index in [0.717, 1.165) is 43.0 Å². The first kappa shape index (κ1) is 58.4. The minimum Gasteiger partial charge on any atom is -0.497 e. The van der Waals surface area contributed by atoms with Crippen LogP contribution < -0.4 is 24.6 Å². The summed E-state index contributed by atoms with van der Waals surface area (Å²) in [7, 11) is -1.28. The molecular formula is C55H78N6O10S2. The van der Waals surface area contributed by atoms with Gasteiger partial charge in [-0.05, 0) is 143 Å². The Morgan fingerprint density at radius 2 is 0.959 bits per heavy atom. The molecule has 0 unspecified atom stereocenters. The zero-order chi connectivity index (χ0) is 53.7. The highest BCUT2D eigenvalue weighted by Crippen LogP contribution is 2.30. The summed E-state index contributed by atoms with van der Waals surface area (Å²) in [5, 5.41) is 3.36. The van der Waals surface area contributed by atoms with E-state index in [1.54, 1.807) is 71.1 Å². The van der Waals surface area contributed by atoms with E-state index in [1.807, 2.05) is 51.1 Å². The van der Waals surface area contributed by atoms with Crippen molar-refractivity contribution in [2.24, 2.45) is 0 Å². The van der Waals surface area contributed by atoms with Crippen LogP contribution in [0.4, 0.5) is 16.2 Å². The van der Waals surface area contributed by atoms with Gasteiger partial charge in [0.2, 0.25) is 20.0 Å². The summed E-state index contributed by atoms with van der Waals surface area (Å²) in [5.41, 5.74) is 6.40. The molecule has 0 atom stereocenters. The van der Waals surface area contributed by atoms with Crippen molar-refractivity contribution in [3.8, 4) is 11.5 Å². The number of aryl methyl sites for hydroxylation is 6. The van der Waals surface area contributed by atoms with E-state index in [0.29, 0.717) is 85.6 Å². The first-order chi connectivity index (χ1) is 34.4. The van der Waals surface area contributed by atoms with Crippen molar-refractivity contribution < 1.29 is 45.4 Å². The number of piperazine rings is 2. The number of rotatable bonds is 20. The normalized spacial score (nSPS) is 14.5. The molecule has 2 aliphatic heterocycles. The summed E-state index contributed by atoms with van der Waals surface area (Å²) < 4.78 is 71.1. The third-order valence-electron chi connectivity index (χ3n) is 13.1. The van der Waals surface area contributed by atoms with Crippen LogP contribution in [0.1, 0.15) is 79.8 Å².